The molecule has 0 aliphatic rings. The summed E-state index contributed by atoms with van der Waals surface area (Å²) in [5, 5.41) is 11.8. The van der Waals surface area contributed by atoms with Gasteiger partial charge in [0, 0.05) is 11.4 Å². The summed E-state index contributed by atoms with van der Waals surface area (Å²) >= 11 is 1.63. The second-order valence-corrected chi connectivity index (χ2v) is 7.94. The SMILES string of the molecule is CCn1c(SCC(=O)Nc2ccccc2SC(F)F)nnc1-c1ccccc1OC. The van der Waals surface area contributed by atoms with Crippen molar-refractivity contribution < 1.29 is 18.3 Å². The third-order valence-electron chi connectivity index (χ3n) is 4.09. The van der Waals surface area contributed by atoms with Crippen LogP contribution in [0.1, 0.15) is 6.92 Å². The Morgan fingerprint density at radius 2 is 1.90 bits per heavy atom. The number of thioether (sulfide) groups is 2. The zero-order valence-corrected chi connectivity index (χ0v) is 18.0. The number of rotatable bonds is 9. The van der Waals surface area contributed by atoms with E-state index < -0.39 is 5.76 Å². The Kier molecular flexibility index (Phi) is 7.69. The molecule has 1 heterocycles. The molecule has 1 amide bonds. The number of benzene rings is 2. The van der Waals surface area contributed by atoms with Gasteiger partial charge in [0.1, 0.15) is 5.75 Å². The van der Waals surface area contributed by atoms with Gasteiger partial charge in [0.15, 0.2) is 11.0 Å². The molecule has 158 valence electrons. The van der Waals surface area contributed by atoms with Crippen LogP contribution in [0.15, 0.2) is 58.6 Å². The molecule has 0 saturated heterocycles. The monoisotopic (exact) mass is 450 g/mol. The zero-order chi connectivity index (χ0) is 21.5. The second-order valence-electron chi connectivity index (χ2n) is 5.96. The molecule has 0 fully saturated rings. The summed E-state index contributed by atoms with van der Waals surface area (Å²) in [7, 11) is 1.59. The minimum atomic E-state index is -2.56. The van der Waals surface area contributed by atoms with Crippen LogP contribution in [-0.4, -0.2) is 39.3 Å². The smallest absolute Gasteiger partial charge is 0.288 e. The van der Waals surface area contributed by atoms with E-state index in [9.17, 15) is 13.6 Å². The number of nitrogens with zero attached hydrogens (tertiary/aromatic N) is 3. The van der Waals surface area contributed by atoms with Crippen LogP contribution >= 0.6 is 23.5 Å². The van der Waals surface area contributed by atoms with Crippen molar-refractivity contribution >= 4 is 35.1 Å². The molecule has 0 atom stereocenters. The van der Waals surface area contributed by atoms with Crippen LogP contribution in [0.25, 0.3) is 11.4 Å². The van der Waals surface area contributed by atoms with Gasteiger partial charge in [-0.15, -0.1) is 10.2 Å². The predicted octanol–water partition coefficient (Wildman–Crippen LogP) is 5.02. The molecule has 0 bridgehead atoms. The first kappa shape index (κ1) is 22.1. The maximum Gasteiger partial charge on any atom is 0.288 e. The third-order valence-corrected chi connectivity index (χ3v) is 5.85. The molecule has 6 nitrogen and oxygen atoms in total. The van der Waals surface area contributed by atoms with E-state index in [1.807, 2.05) is 35.8 Å². The first-order valence-corrected chi connectivity index (χ1v) is 10.9. The highest BCUT2D eigenvalue weighted by atomic mass is 32.2. The van der Waals surface area contributed by atoms with Gasteiger partial charge in [-0.05, 0) is 31.2 Å². The molecule has 3 aromatic rings. The number of anilines is 1. The lowest BCUT2D eigenvalue weighted by molar-refractivity contribution is -0.113. The van der Waals surface area contributed by atoms with Crippen molar-refractivity contribution in [2.45, 2.75) is 29.3 Å². The number of amides is 1. The van der Waals surface area contributed by atoms with Gasteiger partial charge >= 0.3 is 0 Å². The number of hydrogen-bond acceptors (Lipinski definition) is 6. The zero-order valence-electron chi connectivity index (χ0n) is 16.3. The van der Waals surface area contributed by atoms with Gasteiger partial charge in [-0.25, -0.2) is 0 Å². The van der Waals surface area contributed by atoms with Crippen molar-refractivity contribution in [2.24, 2.45) is 0 Å². The summed E-state index contributed by atoms with van der Waals surface area (Å²) in [6.07, 6.45) is 0. The summed E-state index contributed by atoms with van der Waals surface area (Å²) in [5.74, 6) is -1.48. The lowest BCUT2D eigenvalue weighted by Gasteiger charge is -2.11. The van der Waals surface area contributed by atoms with E-state index in [4.69, 9.17) is 4.74 Å². The van der Waals surface area contributed by atoms with Crippen LogP contribution in [0, 0.1) is 0 Å². The number of aromatic nitrogens is 3. The van der Waals surface area contributed by atoms with E-state index >= 15 is 0 Å². The molecule has 0 saturated carbocycles. The van der Waals surface area contributed by atoms with Gasteiger partial charge in [-0.3, -0.25) is 4.79 Å². The van der Waals surface area contributed by atoms with Crippen LogP contribution in [0.5, 0.6) is 5.75 Å². The van der Waals surface area contributed by atoms with Gasteiger partial charge in [0.2, 0.25) is 5.91 Å². The van der Waals surface area contributed by atoms with Gasteiger partial charge in [-0.1, -0.05) is 47.8 Å². The lowest BCUT2D eigenvalue weighted by atomic mass is 10.2. The number of halogens is 2. The Balaban J connectivity index is 1.71. The highest BCUT2D eigenvalue weighted by Crippen LogP contribution is 2.33. The lowest BCUT2D eigenvalue weighted by Crippen LogP contribution is -2.15. The van der Waals surface area contributed by atoms with Crippen LogP contribution in [0.3, 0.4) is 0 Å². The van der Waals surface area contributed by atoms with E-state index in [-0.39, 0.29) is 11.7 Å². The first-order chi connectivity index (χ1) is 14.5. The maximum atomic E-state index is 12.7. The normalized spacial score (nSPS) is 11.0. The minimum absolute atomic E-state index is 0.0672. The van der Waals surface area contributed by atoms with Gasteiger partial charge in [0.05, 0.1) is 24.1 Å². The topological polar surface area (TPSA) is 69.0 Å². The first-order valence-electron chi connectivity index (χ1n) is 9.06. The van der Waals surface area contributed by atoms with Gasteiger partial charge in [-0.2, -0.15) is 8.78 Å². The summed E-state index contributed by atoms with van der Waals surface area (Å²) in [4.78, 5) is 12.7. The van der Waals surface area contributed by atoms with Gasteiger partial charge in [0.25, 0.3) is 5.76 Å². The summed E-state index contributed by atoms with van der Waals surface area (Å²) < 4.78 is 32.7. The van der Waals surface area contributed by atoms with Crippen LogP contribution in [0.2, 0.25) is 0 Å². The summed E-state index contributed by atoms with van der Waals surface area (Å²) in [6.45, 7) is 2.57. The molecule has 0 spiro atoms. The molecular weight excluding hydrogens is 430 g/mol. The van der Waals surface area contributed by atoms with E-state index in [0.717, 1.165) is 5.56 Å². The van der Waals surface area contributed by atoms with E-state index in [0.29, 0.717) is 45.6 Å². The van der Waals surface area contributed by atoms with E-state index in [1.165, 1.54) is 11.8 Å². The van der Waals surface area contributed by atoms with Crippen LogP contribution in [0.4, 0.5) is 14.5 Å². The van der Waals surface area contributed by atoms with Crippen molar-refractivity contribution in [2.75, 3.05) is 18.2 Å². The number of ether oxygens (including phenoxy) is 1. The molecule has 1 aromatic heterocycles. The number of para-hydroxylation sites is 2. The number of hydrogen-bond donors (Lipinski definition) is 1. The molecule has 2 aromatic carbocycles. The van der Waals surface area contributed by atoms with Crippen molar-refractivity contribution in [1.29, 1.82) is 0 Å². The van der Waals surface area contributed by atoms with Crippen LogP contribution in [-0.2, 0) is 11.3 Å². The molecule has 30 heavy (non-hydrogen) atoms. The van der Waals surface area contributed by atoms with E-state index in [2.05, 4.69) is 15.5 Å². The molecular formula is C20H20F2N4O2S2. The van der Waals surface area contributed by atoms with E-state index in [1.54, 1.807) is 31.4 Å². The number of carbonyl (C=O) groups excluding carboxylic acids is 1. The maximum absolute atomic E-state index is 12.7. The highest BCUT2D eigenvalue weighted by molar-refractivity contribution is 8.00. The third kappa shape index (κ3) is 5.31. The molecule has 10 heteroatoms. The average molecular weight is 451 g/mol. The summed E-state index contributed by atoms with van der Waals surface area (Å²) in [6, 6.07) is 14.0. The predicted molar refractivity (Wildman–Crippen MR) is 115 cm³/mol. The van der Waals surface area contributed by atoms with Crippen molar-refractivity contribution in [3.63, 3.8) is 0 Å². The van der Waals surface area contributed by atoms with Crippen molar-refractivity contribution in [1.82, 2.24) is 14.8 Å². The van der Waals surface area contributed by atoms with Crippen molar-refractivity contribution in [3.8, 4) is 17.1 Å². The fraction of sp³-hybridized carbons (Fsp3) is 0.250. The number of carbonyl (C=O) groups is 1. The Morgan fingerprint density at radius 1 is 1.17 bits per heavy atom. The average Bonchev–Trinajstić information content (AvgIpc) is 3.16. The Morgan fingerprint density at radius 3 is 2.63 bits per heavy atom. The Labute approximate surface area is 181 Å². The second kappa shape index (κ2) is 10.4. The largest absolute Gasteiger partial charge is 0.496 e. The minimum Gasteiger partial charge on any atom is -0.496 e. The molecule has 0 unspecified atom stereocenters. The molecule has 0 aliphatic carbocycles. The highest BCUT2D eigenvalue weighted by Gasteiger charge is 2.18. The molecule has 1 N–H and O–H groups in total. The molecule has 0 aliphatic heterocycles. The molecule has 3 rings (SSSR count). The number of methoxy groups -OCH3 is 1. The Bertz CT molecular complexity index is 1010. The number of alkyl halides is 2. The summed E-state index contributed by atoms with van der Waals surface area (Å²) in [5.41, 5.74) is 1.17. The quantitative estimate of drug-likeness (QED) is 0.462. The fourth-order valence-corrected chi connectivity index (χ4v) is 4.19. The van der Waals surface area contributed by atoms with Gasteiger partial charge < -0.3 is 14.6 Å². The fourth-order valence-electron chi connectivity index (χ4n) is 2.79. The Hall–Kier alpha value is -2.59. The van der Waals surface area contributed by atoms with Crippen molar-refractivity contribution in [3.05, 3.63) is 48.5 Å². The molecule has 0 radical (unpaired) electrons. The number of nitrogens with one attached hydrogen (secondary N) is 1. The van der Waals surface area contributed by atoms with Crippen LogP contribution < -0.4 is 10.1 Å². The standard InChI is InChI=1S/C20H20F2N4O2S2/c1-3-26-18(13-8-4-6-10-15(13)28-2)24-25-20(26)29-12-17(27)23-14-9-5-7-11-16(14)30-19(21)22/h4-11,19H,3,12H2,1-2H3,(H,23,27).